The number of carbonyl (C=O) groups excluding carboxylic acids is 1. The molecule has 1 atom stereocenters. The lowest BCUT2D eigenvalue weighted by atomic mass is 9.99. The minimum atomic E-state index is -0.567. The smallest absolute Gasteiger partial charge is 0.214 e. The van der Waals surface area contributed by atoms with Crippen LogP contribution in [0, 0.1) is 6.92 Å². The van der Waals surface area contributed by atoms with E-state index in [4.69, 9.17) is 16.3 Å². The zero-order valence-corrected chi connectivity index (χ0v) is 13.2. The number of hydrogen-bond donors (Lipinski definition) is 1. The number of rotatable bonds is 3. The molecule has 0 saturated heterocycles. The second-order valence-electron chi connectivity index (χ2n) is 4.80. The van der Waals surface area contributed by atoms with Gasteiger partial charge in [0.1, 0.15) is 0 Å². The van der Waals surface area contributed by atoms with Gasteiger partial charge in [-0.15, -0.1) is 11.3 Å². The quantitative estimate of drug-likeness (QED) is 0.931. The van der Waals surface area contributed by atoms with Crippen LogP contribution >= 0.6 is 22.9 Å². The van der Waals surface area contributed by atoms with Crippen molar-refractivity contribution in [3.8, 4) is 0 Å². The topological polar surface area (TPSA) is 38.3 Å². The highest BCUT2D eigenvalue weighted by atomic mass is 35.5. The van der Waals surface area contributed by atoms with Gasteiger partial charge in [0.25, 0.3) is 0 Å². The molecule has 108 valence electrons. The van der Waals surface area contributed by atoms with Gasteiger partial charge in [0, 0.05) is 12.1 Å². The van der Waals surface area contributed by atoms with Crippen LogP contribution in [-0.4, -0.2) is 12.8 Å². The molecule has 5 heteroatoms. The zero-order valence-electron chi connectivity index (χ0n) is 11.6. The van der Waals surface area contributed by atoms with Crippen molar-refractivity contribution in [3.63, 3.8) is 0 Å². The normalized spacial score (nSPS) is 18.0. The number of ether oxygens (including phenoxy) is 1. The molecule has 0 saturated carbocycles. The molecule has 2 aromatic rings. The van der Waals surface area contributed by atoms with Gasteiger partial charge in [0.05, 0.1) is 10.5 Å². The average molecular weight is 320 g/mol. The van der Waals surface area contributed by atoms with Gasteiger partial charge < -0.3 is 10.1 Å². The first-order chi connectivity index (χ1) is 10.1. The van der Waals surface area contributed by atoms with Crippen LogP contribution in [0.2, 0.25) is 5.02 Å². The maximum absolute atomic E-state index is 12.7. The van der Waals surface area contributed by atoms with Crippen molar-refractivity contribution in [2.45, 2.75) is 13.0 Å². The molecule has 1 aromatic heterocycles. The molecule has 0 radical (unpaired) electrons. The summed E-state index contributed by atoms with van der Waals surface area (Å²) in [5, 5.41) is 5.54. The number of benzene rings is 1. The molecule has 1 aromatic carbocycles. The minimum absolute atomic E-state index is 0.0401. The largest absolute Gasteiger partial charge is 0.461 e. The molecule has 0 fully saturated rings. The lowest BCUT2D eigenvalue weighted by Gasteiger charge is -2.08. The number of ketones is 1. The van der Waals surface area contributed by atoms with Crippen LogP contribution < -0.4 is 5.32 Å². The maximum Gasteiger partial charge on any atom is 0.214 e. The first-order valence-electron chi connectivity index (χ1n) is 6.54. The molecule has 0 amide bonds. The number of Topliss-reactive ketones (excluding diaryl/α,β-unsaturated/α-hetero) is 1. The maximum atomic E-state index is 12.7. The summed E-state index contributed by atoms with van der Waals surface area (Å²) in [6, 6.07) is 9.43. The van der Waals surface area contributed by atoms with E-state index in [9.17, 15) is 4.79 Å². The van der Waals surface area contributed by atoms with E-state index in [1.165, 1.54) is 11.3 Å². The van der Waals surface area contributed by atoms with E-state index < -0.39 is 6.10 Å². The molecular weight excluding hydrogens is 306 g/mol. The number of carbonyl (C=O) groups is 1. The van der Waals surface area contributed by atoms with E-state index in [2.05, 4.69) is 5.32 Å². The molecule has 0 bridgehead atoms. The fourth-order valence-corrected chi connectivity index (χ4v) is 3.24. The van der Waals surface area contributed by atoms with Crippen LogP contribution in [0.1, 0.15) is 22.1 Å². The third-order valence-electron chi connectivity index (χ3n) is 3.44. The lowest BCUT2D eigenvalue weighted by Crippen LogP contribution is -2.08. The third kappa shape index (κ3) is 2.45. The van der Waals surface area contributed by atoms with Crippen LogP contribution in [0.4, 0.5) is 0 Å². The van der Waals surface area contributed by atoms with E-state index in [0.29, 0.717) is 16.5 Å². The summed E-state index contributed by atoms with van der Waals surface area (Å²) in [7, 11) is 1.75. The van der Waals surface area contributed by atoms with E-state index >= 15 is 0 Å². The fraction of sp³-hybridized carbons (Fsp3) is 0.188. The fourth-order valence-electron chi connectivity index (χ4n) is 2.31. The van der Waals surface area contributed by atoms with Crippen LogP contribution in [0.25, 0.3) is 5.57 Å². The summed E-state index contributed by atoms with van der Waals surface area (Å²) in [6.07, 6.45) is -0.567. The molecule has 1 N–H and O–H groups in total. The number of thiophene rings is 1. The Hall–Kier alpha value is -1.78. The SMILES string of the molecule is CNC1=C(c2ccc(C)c(Cl)c2)C(=O)C(c2cccs2)O1. The van der Waals surface area contributed by atoms with Gasteiger partial charge in [-0.2, -0.15) is 0 Å². The Morgan fingerprint density at radius 1 is 1.33 bits per heavy atom. The standard InChI is InChI=1S/C16H14ClNO2S/c1-9-5-6-10(8-11(9)17)13-14(19)15(20-16(13)18-2)12-4-3-7-21-12/h3-8,15,18H,1-2H3. The second-order valence-corrected chi connectivity index (χ2v) is 6.18. The highest BCUT2D eigenvalue weighted by Gasteiger charge is 2.37. The van der Waals surface area contributed by atoms with E-state index in [0.717, 1.165) is 16.0 Å². The molecule has 0 aliphatic carbocycles. The Kier molecular flexibility index (Phi) is 3.74. The molecular formula is C16H14ClNO2S. The van der Waals surface area contributed by atoms with Crippen molar-refractivity contribution in [2.75, 3.05) is 7.05 Å². The van der Waals surface area contributed by atoms with Gasteiger partial charge in [-0.25, -0.2) is 0 Å². The molecule has 1 aliphatic rings. The highest BCUT2D eigenvalue weighted by molar-refractivity contribution is 7.10. The monoisotopic (exact) mass is 319 g/mol. The third-order valence-corrected chi connectivity index (χ3v) is 4.76. The van der Waals surface area contributed by atoms with Gasteiger partial charge >= 0.3 is 0 Å². The first-order valence-corrected chi connectivity index (χ1v) is 7.80. The molecule has 3 rings (SSSR count). The number of hydrogen-bond acceptors (Lipinski definition) is 4. The van der Waals surface area contributed by atoms with E-state index in [1.807, 2.05) is 42.6 Å². The van der Waals surface area contributed by atoms with Crippen molar-refractivity contribution in [3.05, 3.63) is 62.6 Å². The van der Waals surface area contributed by atoms with Crippen molar-refractivity contribution >= 4 is 34.3 Å². The number of aryl methyl sites for hydroxylation is 1. The highest BCUT2D eigenvalue weighted by Crippen LogP contribution is 2.39. The van der Waals surface area contributed by atoms with Crippen molar-refractivity contribution in [1.29, 1.82) is 0 Å². The number of nitrogens with one attached hydrogen (secondary N) is 1. The van der Waals surface area contributed by atoms with Crippen LogP contribution in [0.3, 0.4) is 0 Å². The summed E-state index contributed by atoms with van der Waals surface area (Å²) >= 11 is 7.69. The van der Waals surface area contributed by atoms with Gasteiger partial charge in [0.2, 0.25) is 5.78 Å². The van der Waals surface area contributed by atoms with Gasteiger partial charge in [-0.1, -0.05) is 29.8 Å². The van der Waals surface area contributed by atoms with Crippen LogP contribution in [0.15, 0.2) is 41.6 Å². The molecule has 1 unspecified atom stereocenters. The predicted octanol–water partition coefficient (Wildman–Crippen LogP) is 3.94. The van der Waals surface area contributed by atoms with Gasteiger partial charge in [-0.3, -0.25) is 4.79 Å². The average Bonchev–Trinajstić information content (AvgIpc) is 3.09. The summed E-state index contributed by atoms with van der Waals surface area (Å²) < 4.78 is 5.79. The van der Waals surface area contributed by atoms with Crippen molar-refractivity contribution in [1.82, 2.24) is 5.32 Å². The summed E-state index contributed by atoms with van der Waals surface area (Å²) in [5.41, 5.74) is 2.31. The van der Waals surface area contributed by atoms with E-state index in [1.54, 1.807) is 7.05 Å². The summed E-state index contributed by atoms with van der Waals surface area (Å²) in [4.78, 5) is 13.6. The molecule has 0 spiro atoms. The molecule has 1 aliphatic heterocycles. The Morgan fingerprint density at radius 3 is 2.76 bits per heavy atom. The second kappa shape index (κ2) is 5.54. The lowest BCUT2D eigenvalue weighted by molar-refractivity contribution is -0.120. The van der Waals surface area contributed by atoms with Crippen LogP contribution in [0.5, 0.6) is 0 Å². The van der Waals surface area contributed by atoms with Gasteiger partial charge in [0.15, 0.2) is 12.0 Å². The van der Waals surface area contributed by atoms with Crippen molar-refractivity contribution < 1.29 is 9.53 Å². The van der Waals surface area contributed by atoms with E-state index in [-0.39, 0.29) is 5.78 Å². The molecule has 3 nitrogen and oxygen atoms in total. The Balaban J connectivity index is 2.03. The summed E-state index contributed by atoms with van der Waals surface area (Å²) in [6.45, 7) is 1.93. The Labute approximate surface area is 132 Å². The molecule has 2 heterocycles. The van der Waals surface area contributed by atoms with Gasteiger partial charge in [-0.05, 0) is 35.6 Å². The minimum Gasteiger partial charge on any atom is -0.461 e. The summed E-state index contributed by atoms with van der Waals surface area (Å²) in [5.74, 6) is 0.458. The Morgan fingerprint density at radius 2 is 2.14 bits per heavy atom. The number of halogens is 1. The molecule has 21 heavy (non-hydrogen) atoms. The Bertz CT molecular complexity index is 722. The first kappa shape index (κ1) is 14.2. The predicted molar refractivity (Wildman–Crippen MR) is 85.3 cm³/mol. The van der Waals surface area contributed by atoms with Crippen molar-refractivity contribution in [2.24, 2.45) is 0 Å². The van der Waals surface area contributed by atoms with Crippen LogP contribution in [-0.2, 0) is 9.53 Å². The zero-order chi connectivity index (χ0) is 15.0.